The summed E-state index contributed by atoms with van der Waals surface area (Å²) in [6.45, 7) is 6.38. The molecular weight excluding hydrogens is 186 g/mol. The third kappa shape index (κ3) is 1.91. The highest BCUT2D eigenvalue weighted by molar-refractivity contribution is 5.27. The van der Waals surface area contributed by atoms with E-state index in [4.69, 9.17) is 0 Å². The molecule has 0 fully saturated rings. The van der Waals surface area contributed by atoms with Crippen LogP contribution < -0.4 is 0 Å². The Morgan fingerprint density at radius 1 is 1.27 bits per heavy atom. The van der Waals surface area contributed by atoms with Gasteiger partial charge in [-0.2, -0.15) is 5.10 Å². The van der Waals surface area contributed by atoms with E-state index in [0.717, 1.165) is 11.5 Å². The highest BCUT2D eigenvalue weighted by atomic mass is 15.3. The molecule has 2 rings (SSSR count). The first-order chi connectivity index (χ1) is 7.18. The quantitative estimate of drug-likeness (QED) is 0.748. The van der Waals surface area contributed by atoms with Crippen LogP contribution in [0.25, 0.3) is 5.82 Å². The summed E-state index contributed by atoms with van der Waals surface area (Å²) in [5, 5.41) is 4.46. The van der Waals surface area contributed by atoms with Gasteiger partial charge in [0.05, 0.1) is 5.69 Å². The number of aromatic nitrogens is 3. The molecule has 0 spiro atoms. The van der Waals surface area contributed by atoms with Crippen LogP contribution >= 0.6 is 0 Å². The Kier molecular flexibility index (Phi) is 2.54. The van der Waals surface area contributed by atoms with Crippen LogP contribution in [-0.4, -0.2) is 14.8 Å². The monoisotopic (exact) mass is 201 g/mol. The predicted octanol–water partition coefficient (Wildman–Crippen LogP) is 2.70. The molecule has 78 valence electrons. The molecule has 0 amide bonds. The van der Waals surface area contributed by atoms with Gasteiger partial charge < -0.3 is 0 Å². The van der Waals surface area contributed by atoms with E-state index < -0.39 is 0 Å². The standard InChI is InChI=1S/C12H15N3/c1-9(2)11-8-15(14-10(11)3)12-6-4-5-7-13-12/h4-9H,1-3H3. The molecule has 0 saturated heterocycles. The summed E-state index contributed by atoms with van der Waals surface area (Å²) in [6, 6.07) is 5.83. The average molecular weight is 201 g/mol. The number of pyridine rings is 1. The van der Waals surface area contributed by atoms with Crippen molar-refractivity contribution in [3.05, 3.63) is 41.9 Å². The second-order valence-corrected chi connectivity index (χ2v) is 3.96. The number of hydrogen-bond donors (Lipinski definition) is 0. The lowest BCUT2D eigenvalue weighted by Gasteiger charge is -2.00. The molecule has 0 aliphatic carbocycles. The predicted molar refractivity (Wildman–Crippen MR) is 60.2 cm³/mol. The van der Waals surface area contributed by atoms with E-state index in [1.807, 2.05) is 29.8 Å². The summed E-state index contributed by atoms with van der Waals surface area (Å²) < 4.78 is 1.84. The summed E-state index contributed by atoms with van der Waals surface area (Å²) in [5.41, 5.74) is 2.36. The first-order valence-electron chi connectivity index (χ1n) is 5.16. The maximum Gasteiger partial charge on any atom is 0.153 e. The van der Waals surface area contributed by atoms with E-state index >= 15 is 0 Å². The Bertz CT molecular complexity index is 443. The SMILES string of the molecule is Cc1nn(-c2ccccn2)cc1C(C)C. The van der Waals surface area contributed by atoms with Crippen molar-refractivity contribution in [1.82, 2.24) is 14.8 Å². The van der Waals surface area contributed by atoms with Crippen molar-refractivity contribution in [1.29, 1.82) is 0 Å². The minimum atomic E-state index is 0.502. The number of rotatable bonds is 2. The van der Waals surface area contributed by atoms with E-state index in [2.05, 4.69) is 30.1 Å². The minimum absolute atomic E-state index is 0.502. The third-order valence-corrected chi connectivity index (χ3v) is 2.44. The van der Waals surface area contributed by atoms with E-state index in [9.17, 15) is 0 Å². The van der Waals surface area contributed by atoms with Crippen LogP contribution in [0.5, 0.6) is 0 Å². The largest absolute Gasteiger partial charge is 0.237 e. The van der Waals surface area contributed by atoms with Crippen molar-refractivity contribution in [2.24, 2.45) is 0 Å². The molecule has 15 heavy (non-hydrogen) atoms. The molecule has 0 atom stereocenters. The van der Waals surface area contributed by atoms with Crippen molar-refractivity contribution in [3.8, 4) is 5.82 Å². The van der Waals surface area contributed by atoms with Gasteiger partial charge in [0.15, 0.2) is 5.82 Å². The van der Waals surface area contributed by atoms with Crippen molar-refractivity contribution in [2.45, 2.75) is 26.7 Å². The molecule has 3 nitrogen and oxygen atoms in total. The molecular formula is C12H15N3. The van der Waals surface area contributed by atoms with Crippen molar-refractivity contribution >= 4 is 0 Å². The van der Waals surface area contributed by atoms with Gasteiger partial charge in [-0.25, -0.2) is 9.67 Å². The summed E-state index contributed by atoms with van der Waals surface area (Å²) in [7, 11) is 0. The average Bonchev–Trinajstić information content (AvgIpc) is 2.62. The van der Waals surface area contributed by atoms with Crippen LogP contribution in [0.1, 0.15) is 31.0 Å². The first-order valence-corrected chi connectivity index (χ1v) is 5.16. The van der Waals surface area contributed by atoms with Gasteiger partial charge >= 0.3 is 0 Å². The smallest absolute Gasteiger partial charge is 0.153 e. The van der Waals surface area contributed by atoms with E-state index in [0.29, 0.717) is 5.92 Å². The van der Waals surface area contributed by atoms with Gasteiger partial charge in [-0.3, -0.25) is 0 Å². The summed E-state index contributed by atoms with van der Waals surface area (Å²) in [4.78, 5) is 4.26. The zero-order chi connectivity index (χ0) is 10.8. The van der Waals surface area contributed by atoms with Gasteiger partial charge in [0, 0.05) is 12.4 Å². The second-order valence-electron chi connectivity index (χ2n) is 3.96. The van der Waals surface area contributed by atoms with Gasteiger partial charge in [0.2, 0.25) is 0 Å². The Hall–Kier alpha value is -1.64. The highest BCUT2D eigenvalue weighted by Gasteiger charge is 2.09. The third-order valence-electron chi connectivity index (χ3n) is 2.44. The fourth-order valence-electron chi connectivity index (χ4n) is 1.65. The van der Waals surface area contributed by atoms with Crippen LogP contribution in [-0.2, 0) is 0 Å². The first kappa shape index (κ1) is 9.90. The van der Waals surface area contributed by atoms with E-state index in [1.54, 1.807) is 6.20 Å². The van der Waals surface area contributed by atoms with Crippen LogP contribution in [0, 0.1) is 6.92 Å². The lowest BCUT2D eigenvalue weighted by molar-refractivity contribution is 0.832. The molecule has 0 N–H and O–H groups in total. The Morgan fingerprint density at radius 3 is 2.60 bits per heavy atom. The van der Waals surface area contributed by atoms with E-state index in [-0.39, 0.29) is 0 Å². The molecule has 2 heterocycles. The lowest BCUT2D eigenvalue weighted by atomic mass is 10.1. The van der Waals surface area contributed by atoms with Gasteiger partial charge in [-0.05, 0) is 30.5 Å². The summed E-state index contributed by atoms with van der Waals surface area (Å²) >= 11 is 0. The number of nitrogens with zero attached hydrogens (tertiary/aromatic N) is 3. The number of aryl methyl sites for hydroxylation is 1. The maximum atomic E-state index is 4.46. The summed E-state index contributed by atoms with van der Waals surface area (Å²) in [5.74, 6) is 1.37. The Balaban J connectivity index is 2.43. The van der Waals surface area contributed by atoms with Crippen LogP contribution in [0.15, 0.2) is 30.6 Å². The molecule has 2 aromatic rings. The van der Waals surface area contributed by atoms with Gasteiger partial charge in [-0.1, -0.05) is 19.9 Å². The molecule has 0 radical (unpaired) electrons. The normalized spacial score (nSPS) is 10.9. The van der Waals surface area contributed by atoms with Gasteiger partial charge in [0.1, 0.15) is 0 Å². The maximum absolute atomic E-state index is 4.46. The number of hydrogen-bond acceptors (Lipinski definition) is 2. The van der Waals surface area contributed by atoms with Gasteiger partial charge in [-0.15, -0.1) is 0 Å². The fraction of sp³-hybridized carbons (Fsp3) is 0.333. The van der Waals surface area contributed by atoms with Crippen LogP contribution in [0.3, 0.4) is 0 Å². The molecule has 0 aromatic carbocycles. The zero-order valence-electron chi connectivity index (χ0n) is 9.31. The van der Waals surface area contributed by atoms with Gasteiger partial charge in [0.25, 0.3) is 0 Å². The molecule has 2 aromatic heterocycles. The fourth-order valence-corrected chi connectivity index (χ4v) is 1.65. The molecule has 0 bridgehead atoms. The minimum Gasteiger partial charge on any atom is -0.237 e. The molecule has 3 heteroatoms. The molecule has 0 aliphatic heterocycles. The summed E-state index contributed by atoms with van der Waals surface area (Å²) in [6.07, 6.45) is 3.84. The highest BCUT2D eigenvalue weighted by Crippen LogP contribution is 2.18. The Labute approximate surface area is 89.8 Å². The van der Waals surface area contributed by atoms with Crippen LogP contribution in [0.4, 0.5) is 0 Å². The van der Waals surface area contributed by atoms with Crippen LogP contribution in [0.2, 0.25) is 0 Å². The van der Waals surface area contributed by atoms with Crippen molar-refractivity contribution < 1.29 is 0 Å². The second kappa shape index (κ2) is 3.85. The lowest BCUT2D eigenvalue weighted by Crippen LogP contribution is -1.96. The zero-order valence-corrected chi connectivity index (χ0v) is 9.31. The Morgan fingerprint density at radius 2 is 2.07 bits per heavy atom. The van der Waals surface area contributed by atoms with Crippen molar-refractivity contribution in [2.75, 3.05) is 0 Å². The molecule has 0 saturated carbocycles. The van der Waals surface area contributed by atoms with Crippen molar-refractivity contribution in [3.63, 3.8) is 0 Å². The topological polar surface area (TPSA) is 30.7 Å². The molecule has 0 aliphatic rings. The molecule has 0 unspecified atom stereocenters. The van der Waals surface area contributed by atoms with E-state index in [1.165, 1.54) is 5.56 Å².